The van der Waals surface area contributed by atoms with Gasteiger partial charge in [0.05, 0.1) is 23.3 Å². The van der Waals surface area contributed by atoms with Crippen molar-refractivity contribution < 1.29 is 9.53 Å². The first-order valence-electron chi connectivity index (χ1n) is 12.4. The van der Waals surface area contributed by atoms with Crippen LogP contribution in [0.3, 0.4) is 0 Å². The van der Waals surface area contributed by atoms with Gasteiger partial charge in [-0.05, 0) is 57.6 Å². The van der Waals surface area contributed by atoms with Gasteiger partial charge in [0.2, 0.25) is 5.91 Å². The molecule has 4 heterocycles. The van der Waals surface area contributed by atoms with E-state index in [1.54, 1.807) is 11.3 Å². The lowest BCUT2D eigenvalue weighted by atomic mass is 9.97. The van der Waals surface area contributed by atoms with E-state index in [1.165, 1.54) is 28.6 Å². The topological polar surface area (TPSA) is 67.7 Å². The number of thioether (sulfide) groups is 1. The number of piperazine rings is 1. The van der Waals surface area contributed by atoms with Gasteiger partial charge in [0, 0.05) is 37.7 Å². The lowest BCUT2D eigenvalue weighted by Gasteiger charge is -2.35. The highest BCUT2D eigenvalue weighted by Gasteiger charge is 2.29. The molecule has 2 fully saturated rings. The number of aryl methyl sites for hydroxylation is 2. The van der Waals surface area contributed by atoms with E-state index in [-0.39, 0.29) is 22.8 Å². The summed E-state index contributed by atoms with van der Waals surface area (Å²) in [6, 6.07) is 0. The van der Waals surface area contributed by atoms with E-state index in [9.17, 15) is 9.59 Å². The Morgan fingerprint density at radius 2 is 2.00 bits per heavy atom. The summed E-state index contributed by atoms with van der Waals surface area (Å²) in [5, 5.41) is 1.19. The van der Waals surface area contributed by atoms with Crippen molar-refractivity contribution in [1.82, 2.24) is 19.4 Å². The molecule has 0 radical (unpaired) electrons. The zero-order valence-electron chi connectivity index (χ0n) is 19.7. The quantitative estimate of drug-likeness (QED) is 0.458. The monoisotopic (exact) mass is 490 g/mol. The summed E-state index contributed by atoms with van der Waals surface area (Å²) in [7, 11) is 0. The summed E-state index contributed by atoms with van der Waals surface area (Å²) in [6.07, 6.45) is 6.37. The molecule has 0 N–H and O–H groups in total. The number of nitrogens with zero attached hydrogens (tertiary/aromatic N) is 4. The van der Waals surface area contributed by atoms with E-state index >= 15 is 0 Å². The molecule has 7 nitrogen and oxygen atoms in total. The summed E-state index contributed by atoms with van der Waals surface area (Å²) in [5.74, 6) is 0.138. The van der Waals surface area contributed by atoms with Crippen molar-refractivity contribution in [2.24, 2.45) is 0 Å². The normalized spacial score (nSPS) is 22.6. The van der Waals surface area contributed by atoms with Crippen molar-refractivity contribution in [3.63, 3.8) is 0 Å². The van der Waals surface area contributed by atoms with E-state index in [2.05, 4.69) is 11.8 Å². The van der Waals surface area contributed by atoms with Crippen LogP contribution in [0.15, 0.2) is 9.95 Å². The van der Waals surface area contributed by atoms with Gasteiger partial charge in [0.1, 0.15) is 4.83 Å². The van der Waals surface area contributed by atoms with Crippen LogP contribution >= 0.6 is 23.1 Å². The molecule has 33 heavy (non-hydrogen) atoms. The summed E-state index contributed by atoms with van der Waals surface area (Å²) in [4.78, 5) is 38.5. The maximum absolute atomic E-state index is 13.8. The van der Waals surface area contributed by atoms with E-state index in [1.807, 2.05) is 16.4 Å². The smallest absolute Gasteiger partial charge is 0.263 e. The first-order valence-corrected chi connectivity index (χ1v) is 14.1. The lowest BCUT2D eigenvalue weighted by Crippen LogP contribution is -2.50. The molecule has 0 spiro atoms. The SMILES string of the molecule is CCN1CCN(C(=O)C(C)Sc2nc3sc4c(c3c(=O)n2CC2CCCO2)CCCC4)CC1. The third kappa shape index (κ3) is 4.74. The van der Waals surface area contributed by atoms with Crippen LogP contribution in [0.1, 0.15) is 50.0 Å². The van der Waals surface area contributed by atoms with Gasteiger partial charge in [-0.3, -0.25) is 14.2 Å². The van der Waals surface area contributed by atoms with E-state index in [0.29, 0.717) is 11.7 Å². The predicted octanol–water partition coefficient (Wildman–Crippen LogP) is 3.16. The van der Waals surface area contributed by atoms with Crippen LogP contribution in [0.25, 0.3) is 10.2 Å². The van der Waals surface area contributed by atoms with Crippen LogP contribution in [0, 0.1) is 0 Å². The summed E-state index contributed by atoms with van der Waals surface area (Å²) >= 11 is 3.11. The third-order valence-corrected chi connectivity index (χ3v) is 9.47. The molecule has 2 saturated heterocycles. The number of likely N-dealkylation sites (N-methyl/N-ethyl adjacent to an activating group) is 1. The van der Waals surface area contributed by atoms with Crippen molar-refractivity contribution in [2.45, 2.75) is 75.4 Å². The van der Waals surface area contributed by atoms with Crippen molar-refractivity contribution in [1.29, 1.82) is 0 Å². The average Bonchev–Trinajstić information content (AvgIpc) is 3.48. The summed E-state index contributed by atoms with van der Waals surface area (Å²) in [6.45, 7) is 9.79. The lowest BCUT2D eigenvalue weighted by molar-refractivity contribution is -0.132. The minimum Gasteiger partial charge on any atom is -0.376 e. The zero-order valence-corrected chi connectivity index (χ0v) is 21.3. The number of fused-ring (bicyclic) bond motifs is 3. The Balaban J connectivity index is 1.44. The number of aromatic nitrogens is 2. The number of amides is 1. The number of carbonyl (C=O) groups excluding carboxylic acids is 1. The second-order valence-electron chi connectivity index (χ2n) is 9.36. The van der Waals surface area contributed by atoms with E-state index in [0.717, 1.165) is 81.7 Å². The second kappa shape index (κ2) is 10.1. The van der Waals surface area contributed by atoms with Crippen molar-refractivity contribution >= 4 is 39.2 Å². The molecule has 3 aliphatic rings. The molecule has 2 aromatic heterocycles. The molecule has 0 saturated carbocycles. The molecule has 9 heteroatoms. The van der Waals surface area contributed by atoms with Crippen molar-refractivity contribution in [3.8, 4) is 0 Å². The van der Waals surface area contributed by atoms with Gasteiger partial charge in [-0.15, -0.1) is 11.3 Å². The van der Waals surface area contributed by atoms with E-state index < -0.39 is 0 Å². The Bertz CT molecular complexity index is 1070. The molecular formula is C24H34N4O3S2. The third-order valence-electron chi connectivity index (χ3n) is 7.21. The molecule has 1 aliphatic carbocycles. The van der Waals surface area contributed by atoms with Gasteiger partial charge in [0.15, 0.2) is 5.16 Å². The highest BCUT2D eigenvalue weighted by molar-refractivity contribution is 8.00. The molecule has 0 bridgehead atoms. The fourth-order valence-corrected chi connectivity index (χ4v) is 7.52. The first kappa shape index (κ1) is 23.3. The first-order chi connectivity index (χ1) is 16.0. The molecule has 2 aliphatic heterocycles. The summed E-state index contributed by atoms with van der Waals surface area (Å²) < 4.78 is 7.68. The maximum Gasteiger partial charge on any atom is 0.263 e. The van der Waals surface area contributed by atoms with Crippen molar-refractivity contribution in [2.75, 3.05) is 39.3 Å². The molecular weight excluding hydrogens is 456 g/mol. The van der Waals surface area contributed by atoms with Gasteiger partial charge in [-0.2, -0.15) is 0 Å². The number of hydrogen-bond donors (Lipinski definition) is 0. The molecule has 0 aromatic carbocycles. The Morgan fingerprint density at radius 1 is 1.21 bits per heavy atom. The molecule has 1 amide bonds. The minimum atomic E-state index is -0.284. The zero-order chi connectivity index (χ0) is 22.9. The number of hydrogen-bond acceptors (Lipinski definition) is 7. The van der Waals surface area contributed by atoms with Crippen molar-refractivity contribution in [3.05, 3.63) is 20.8 Å². The average molecular weight is 491 g/mol. The number of carbonyl (C=O) groups is 1. The predicted molar refractivity (Wildman–Crippen MR) is 134 cm³/mol. The largest absolute Gasteiger partial charge is 0.376 e. The maximum atomic E-state index is 13.8. The molecule has 5 rings (SSSR count). The van der Waals surface area contributed by atoms with Gasteiger partial charge < -0.3 is 14.5 Å². The molecule has 2 atom stereocenters. The Kier molecular flexibility index (Phi) is 7.11. The van der Waals surface area contributed by atoms with Gasteiger partial charge in [-0.25, -0.2) is 4.98 Å². The Morgan fingerprint density at radius 3 is 2.73 bits per heavy atom. The van der Waals surface area contributed by atoms with Crippen LogP contribution in [0.5, 0.6) is 0 Å². The summed E-state index contributed by atoms with van der Waals surface area (Å²) in [5.41, 5.74) is 1.27. The Hall–Kier alpha value is -1.42. The van der Waals surface area contributed by atoms with Crippen LogP contribution in [-0.2, 0) is 28.9 Å². The Labute approximate surface area is 203 Å². The molecule has 180 valence electrons. The number of rotatable bonds is 6. The standard InChI is InChI=1S/C24H34N4O3S2/c1-3-26-10-12-27(13-11-26)22(29)16(2)32-24-25-21-20(18-8-4-5-9-19(18)33-21)23(30)28(24)15-17-7-6-14-31-17/h16-17H,3-15H2,1-2H3. The van der Waals surface area contributed by atoms with Crippen LogP contribution in [0.4, 0.5) is 0 Å². The van der Waals surface area contributed by atoms with Crippen LogP contribution in [0.2, 0.25) is 0 Å². The molecule has 2 unspecified atom stereocenters. The highest BCUT2D eigenvalue weighted by atomic mass is 32.2. The van der Waals surface area contributed by atoms with E-state index in [4.69, 9.17) is 9.72 Å². The number of ether oxygens (including phenoxy) is 1. The second-order valence-corrected chi connectivity index (χ2v) is 11.7. The fourth-order valence-electron chi connectivity index (χ4n) is 5.21. The van der Waals surface area contributed by atoms with Gasteiger partial charge in [-0.1, -0.05) is 18.7 Å². The number of thiophene rings is 1. The van der Waals surface area contributed by atoms with Gasteiger partial charge in [0.25, 0.3) is 5.56 Å². The molecule has 2 aromatic rings. The van der Waals surface area contributed by atoms with Crippen LogP contribution < -0.4 is 5.56 Å². The highest BCUT2D eigenvalue weighted by Crippen LogP contribution is 2.35. The minimum absolute atomic E-state index is 0.0453. The fraction of sp³-hybridized carbons (Fsp3) is 0.708. The van der Waals surface area contributed by atoms with Gasteiger partial charge >= 0.3 is 0 Å². The van der Waals surface area contributed by atoms with Crippen LogP contribution in [-0.4, -0.2) is 75.9 Å².